The summed E-state index contributed by atoms with van der Waals surface area (Å²) in [6.07, 6.45) is 6.76. The Labute approximate surface area is 120 Å². The van der Waals surface area contributed by atoms with Crippen LogP contribution < -0.4 is 5.73 Å². The van der Waals surface area contributed by atoms with Gasteiger partial charge in [0, 0.05) is 45.1 Å². The molecule has 5 nitrogen and oxygen atoms in total. The predicted molar refractivity (Wildman–Crippen MR) is 77.1 cm³/mol. The van der Waals surface area contributed by atoms with Gasteiger partial charge in [-0.15, -0.1) is 0 Å². The summed E-state index contributed by atoms with van der Waals surface area (Å²) >= 11 is 0. The molecule has 1 aliphatic rings. The van der Waals surface area contributed by atoms with Gasteiger partial charge in [-0.05, 0) is 37.0 Å². The van der Waals surface area contributed by atoms with Crippen molar-refractivity contribution in [2.45, 2.75) is 37.8 Å². The normalized spacial score (nSPS) is 22.8. The van der Waals surface area contributed by atoms with Gasteiger partial charge in [-0.3, -0.25) is 9.78 Å². The summed E-state index contributed by atoms with van der Waals surface area (Å²) in [5, 5.41) is 0. The Balaban J connectivity index is 1.88. The molecule has 0 aliphatic carbocycles. The summed E-state index contributed by atoms with van der Waals surface area (Å²) in [7, 11) is 1.72. The SMILES string of the molecule is COC1CCN(C(=O)CCc2ccncc2)C(CN)C1. The number of piperidine rings is 1. The first kappa shape index (κ1) is 14.9. The van der Waals surface area contributed by atoms with Crippen molar-refractivity contribution in [1.29, 1.82) is 0 Å². The summed E-state index contributed by atoms with van der Waals surface area (Å²) in [4.78, 5) is 18.3. The Morgan fingerprint density at radius 1 is 1.50 bits per heavy atom. The van der Waals surface area contributed by atoms with E-state index in [1.54, 1.807) is 19.5 Å². The zero-order valence-corrected chi connectivity index (χ0v) is 12.0. The van der Waals surface area contributed by atoms with Gasteiger partial charge in [0.25, 0.3) is 0 Å². The molecule has 0 spiro atoms. The molecule has 5 heteroatoms. The number of pyridine rings is 1. The topological polar surface area (TPSA) is 68.5 Å². The van der Waals surface area contributed by atoms with Crippen LogP contribution in [0.25, 0.3) is 0 Å². The molecule has 20 heavy (non-hydrogen) atoms. The van der Waals surface area contributed by atoms with Crippen molar-refractivity contribution in [2.24, 2.45) is 5.73 Å². The Bertz CT molecular complexity index is 424. The quantitative estimate of drug-likeness (QED) is 0.871. The monoisotopic (exact) mass is 277 g/mol. The van der Waals surface area contributed by atoms with Crippen molar-refractivity contribution in [1.82, 2.24) is 9.88 Å². The molecule has 2 heterocycles. The molecule has 2 rings (SSSR count). The third kappa shape index (κ3) is 3.77. The summed E-state index contributed by atoms with van der Waals surface area (Å²) in [5.74, 6) is 0.187. The minimum absolute atomic E-state index is 0.110. The van der Waals surface area contributed by atoms with Gasteiger partial charge in [0.05, 0.1) is 6.10 Å². The number of carbonyl (C=O) groups excluding carboxylic acids is 1. The molecule has 1 aromatic rings. The minimum atomic E-state index is 0.110. The van der Waals surface area contributed by atoms with Crippen LogP contribution in [0.2, 0.25) is 0 Å². The molecule has 2 unspecified atom stereocenters. The van der Waals surface area contributed by atoms with Gasteiger partial charge in [0.2, 0.25) is 5.91 Å². The Morgan fingerprint density at radius 2 is 2.25 bits per heavy atom. The van der Waals surface area contributed by atoms with E-state index in [1.807, 2.05) is 17.0 Å². The average molecular weight is 277 g/mol. The fourth-order valence-corrected chi connectivity index (χ4v) is 2.72. The number of nitrogens with two attached hydrogens (primary N) is 1. The minimum Gasteiger partial charge on any atom is -0.381 e. The molecule has 0 bridgehead atoms. The van der Waals surface area contributed by atoms with E-state index in [2.05, 4.69) is 4.98 Å². The van der Waals surface area contributed by atoms with Crippen LogP contribution in [-0.2, 0) is 16.0 Å². The zero-order valence-electron chi connectivity index (χ0n) is 12.0. The van der Waals surface area contributed by atoms with E-state index in [4.69, 9.17) is 10.5 Å². The third-order valence-corrected chi connectivity index (χ3v) is 3.97. The van der Waals surface area contributed by atoms with E-state index in [1.165, 1.54) is 0 Å². The van der Waals surface area contributed by atoms with Crippen molar-refractivity contribution in [3.05, 3.63) is 30.1 Å². The molecule has 2 atom stereocenters. The lowest BCUT2D eigenvalue weighted by atomic mass is 9.98. The average Bonchev–Trinajstić information content (AvgIpc) is 2.52. The molecule has 1 fully saturated rings. The van der Waals surface area contributed by atoms with Crippen molar-refractivity contribution in [3.63, 3.8) is 0 Å². The lowest BCUT2D eigenvalue weighted by Crippen LogP contribution is -2.51. The first-order valence-electron chi connectivity index (χ1n) is 7.15. The van der Waals surface area contributed by atoms with Crippen LogP contribution in [0.3, 0.4) is 0 Å². The second-order valence-corrected chi connectivity index (χ2v) is 5.21. The van der Waals surface area contributed by atoms with E-state index >= 15 is 0 Å². The largest absolute Gasteiger partial charge is 0.381 e. The van der Waals surface area contributed by atoms with Gasteiger partial charge >= 0.3 is 0 Å². The summed E-state index contributed by atoms with van der Waals surface area (Å²) in [6, 6.07) is 4.01. The van der Waals surface area contributed by atoms with E-state index in [0.29, 0.717) is 13.0 Å². The Kier molecular flexibility index (Phi) is 5.49. The fraction of sp³-hybridized carbons (Fsp3) is 0.600. The maximum absolute atomic E-state index is 12.3. The standard InChI is InChI=1S/C15H23N3O2/c1-20-14-6-9-18(13(10-14)11-16)15(19)3-2-12-4-7-17-8-5-12/h4-5,7-8,13-14H,2-3,6,9-11,16H2,1H3. The highest BCUT2D eigenvalue weighted by Crippen LogP contribution is 2.20. The highest BCUT2D eigenvalue weighted by Gasteiger charge is 2.30. The van der Waals surface area contributed by atoms with Crippen molar-refractivity contribution in [2.75, 3.05) is 20.2 Å². The lowest BCUT2D eigenvalue weighted by Gasteiger charge is -2.38. The van der Waals surface area contributed by atoms with Gasteiger partial charge in [-0.2, -0.15) is 0 Å². The highest BCUT2D eigenvalue weighted by molar-refractivity contribution is 5.77. The summed E-state index contributed by atoms with van der Waals surface area (Å²) in [6.45, 7) is 1.25. The first-order chi connectivity index (χ1) is 9.74. The summed E-state index contributed by atoms with van der Waals surface area (Å²) < 4.78 is 5.38. The van der Waals surface area contributed by atoms with E-state index < -0.39 is 0 Å². The number of likely N-dealkylation sites (tertiary alicyclic amines) is 1. The van der Waals surface area contributed by atoms with E-state index in [-0.39, 0.29) is 18.1 Å². The number of methoxy groups -OCH3 is 1. The highest BCUT2D eigenvalue weighted by atomic mass is 16.5. The van der Waals surface area contributed by atoms with Crippen LogP contribution in [-0.4, -0.2) is 48.1 Å². The molecule has 2 N–H and O–H groups in total. The zero-order chi connectivity index (χ0) is 14.4. The maximum atomic E-state index is 12.3. The molecule has 1 saturated heterocycles. The maximum Gasteiger partial charge on any atom is 0.223 e. The molecule has 0 aromatic carbocycles. The third-order valence-electron chi connectivity index (χ3n) is 3.97. The number of nitrogens with zero attached hydrogens (tertiary/aromatic N) is 2. The Hall–Kier alpha value is -1.46. The molecule has 110 valence electrons. The molecule has 0 radical (unpaired) electrons. The van der Waals surface area contributed by atoms with Gasteiger partial charge in [0.1, 0.15) is 0 Å². The molecule has 0 saturated carbocycles. The number of hydrogen-bond donors (Lipinski definition) is 1. The molecule has 1 aliphatic heterocycles. The van der Waals surface area contributed by atoms with Crippen molar-refractivity contribution in [3.8, 4) is 0 Å². The lowest BCUT2D eigenvalue weighted by molar-refractivity contribution is -0.136. The van der Waals surface area contributed by atoms with Gasteiger partial charge < -0.3 is 15.4 Å². The van der Waals surface area contributed by atoms with Crippen LogP contribution in [0.5, 0.6) is 0 Å². The Morgan fingerprint density at radius 3 is 2.90 bits per heavy atom. The smallest absolute Gasteiger partial charge is 0.223 e. The van der Waals surface area contributed by atoms with Gasteiger partial charge in [0.15, 0.2) is 0 Å². The number of rotatable bonds is 5. The molecular formula is C15H23N3O2. The number of carbonyl (C=O) groups is 1. The van der Waals surface area contributed by atoms with Crippen LogP contribution >= 0.6 is 0 Å². The number of aromatic nitrogens is 1. The van der Waals surface area contributed by atoms with E-state index in [0.717, 1.165) is 31.4 Å². The molecule has 1 aromatic heterocycles. The van der Waals surface area contributed by atoms with Gasteiger partial charge in [-0.1, -0.05) is 0 Å². The molecule has 1 amide bonds. The number of hydrogen-bond acceptors (Lipinski definition) is 4. The van der Waals surface area contributed by atoms with Crippen LogP contribution in [0, 0.1) is 0 Å². The van der Waals surface area contributed by atoms with Crippen molar-refractivity contribution >= 4 is 5.91 Å². The summed E-state index contributed by atoms with van der Waals surface area (Å²) in [5.41, 5.74) is 6.94. The predicted octanol–water partition coefficient (Wildman–Crippen LogP) is 0.979. The van der Waals surface area contributed by atoms with Crippen LogP contribution in [0.4, 0.5) is 0 Å². The van der Waals surface area contributed by atoms with Gasteiger partial charge in [-0.25, -0.2) is 0 Å². The number of amides is 1. The first-order valence-corrected chi connectivity index (χ1v) is 7.15. The second kappa shape index (κ2) is 7.36. The number of aryl methyl sites for hydroxylation is 1. The van der Waals surface area contributed by atoms with Crippen LogP contribution in [0.15, 0.2) is 24.5 Å². The molecular weight excluding hydrogens is 254 g/mol. The van der Waals surface area contributed by atoms with Crippen LogP contribution in [0.1, 0.15) is 24.8 Å². The van der Waals surface area contributed by atoms with E-state index in [9.17, 15) is 4.79 Å². The second-order valence-electron chi connectivity index (χ2n) is 5.21. The fourth-order valence-electron chi connectivity index (χ4n) is 2.72. The van der Waals surface area contributed by atoms with Crippen molar-refractivity contribution < 1.29 is 9.53 Å². The number of ether oxygens (including phenoxy) is 1.